The Morgan fingerprint density at radius 1 is 0.880 bits per heavy atom. The van der Waals surface area contributed by atoms with Crippen LogP contribution in [-0.2, 0) is 0 Å². The summed E-state index contributed by atoms with van der Waals surface area (Å²) in [5.74, 6) is 1.14. The van der Waals surface area contributed by atoms with E-state index in [2.05, 4.69) is 10.2 Å². The van der Waals surface area contributed by atoms with Crippen LogP contribution in [0, 0.1) is 0 Å². The van der Waals surface area contributed by atoms with E-state index in [1.165, 1.54) is 21.3 Å². The molecule has 3 rings (SSSR count). The van der Waals surface area contributed by atoms with Crippen LogP contribution in [0.2, 0.25) is 0 Å². The molecular weight excluding hydrogens is 324 g/mol. The molecular formula is C18H16N2O5. The quantitative estimate of drug-likeness (QED) is 0.638. The van der Waals surface area contributed by atoms with Gasteiger partial charge in [0.2, 0.25) is 5.78 Å². The summed E-state index contributed by atoms with van der Waals surface area (Å²) in [6.07, 6.45) is 0. The lowest BCUT2D eigenvalue weighted by Crippen LogP contribution is -2.00. The van der Waals surface area contributed by atoms with Gasteiger partial charge in [0.25, 0.3) is 11.8 Å². The van der Waals surface area contributed by atoms with Crippen LogP contribution in [0.1, 0.15) is 16.2 Å². The van der Waals surface area contributed by atoms with Crippen molar-refractivity contribution in [2.24, 2.45) is 0 Å². The number of aromatic nitrogens is 2. The van der Waals surface area contributed by atoms with Crippen molar-refractivity contribution < 1.29 is 23.4 Å². The van der Waals surface area contributed by atoms with E-state index in [0.717, 1.165) is 0 Å². The Hall–Kier alpha value is -3.35. The second kappa shape index (κ2) is 7.04. The van der Waals surface area contributed by atoms with Gasteiger partial charge in [-0.15, -0.1) is 10.2 Å². The van der Waals surface area contributed by atoms with E-state index in [4.69, 9.17) is 18.6 Å². The first kappa shape index (κ1) is 16.5. The second-order valence-electron chi connectivity index (χ2n) is 5.01. The van der Waals surface area contributed by atoms with E-state index in [1.807, 2.05) is 6.07 Å². The third-order valence-electron chi connectivity index (χ3n) is 3.59. The van der Waals surface area contributed by atoms with Gasteiger partial charge in [-0.2, -0.15) is 0 Å². The number of rotatable bonds is 6. The molecule has 7 heteroatoms. The third kappa shape index (κ3) is 3.16. The molecule has 0 aliphatic carbocycles. The first-order chi connectivity index (χ1) is 12.2. The number of nitrogens with zero attached hydrogens (tertiary/aromatic N) is 2. The van der Waals surface area contributed by atoms with Gasteiger partial charge in [-0.25, -0.2) is 0 Å². The predicted octanol–water partition coefficient (Wildman–Crippen LogP) is 2.99. The fourth-order valence-corrected chi connectivity index (χ4v) is 2.33. The molecule has 0 aliphatic heterocycles. The fraction of sp³-hybridized carbons (Fsp3) is 0.167. The molecule has 1 aromatic heterocycles. The van der Waals surface area contributed by atoms with E-state index in [-0.39, 0.29) is 17.6 Å². The highest BCUT2D eigenvalue weighted by Gasteiger charge is 2.21. The van der Waals surface area contributed by atoms with E-state index < -0.39 is 0 Å². The molecule has 3 aromatic rings. The zero-order valence-electron chi connectivity index (χ0n) is 14.0. The van der Waals surface area contributed by atoms with Crippen molar-refractivity contribution in [1.82, 2.24) is 10.2 Å². The maximum atomic E-state index is 12.4. The fourth-order valence-electron chi connectivity index (χ4n) is 2.33. The largest absolute Gasteiger partial charge is 0.496 e. The van der Waals surface area contributed by atoms with Crippen LogP contribution in [0.5, 0.6) is 17.2 Å². The number of ketones is 1. The van der Waals surface area contributed by atoms with Crippen molar-refractivity contribution >= 4 is 5.78 Å². The lowest BCUT2D eigenvalue weighted by molar-refractivity contribution is 0.100. The van der Waals surface area contributed by atoms with Gasteiger partial charge >= 0.3 is 0 Å². The Kier molecular flexibility index (Phi) is 4.65. The molecule has 25 heavy (non-hydrogen) atoms. The molecule has 0 saturated carbocycles. The van der Waals surface area contributed by atoms with Crippen LogP contribution in [0.15, 0.2) is 46.9 Å². The zero-order chi connectivity index (χ0) is 17.8. The summed E-state index contributed by atoms with van der Waals surface area (Å²) in [5.41, 5.74) is 0.969. The molecule has 0 unspecified atom stereocenters. The summed E-state index contributed by atoms with van der Waals surface area (Å²) in [7, 11) is 4.56. The van der Waals surface area contributed by atoms with E-state index >= 15 is 0 Å². The van der Waals surface area contributed by atoms with E-state index in [0.29, 0.717) is 28.4 Å². The van der Waals surface area contributed by atoms with Crippen molar-refractivity contribution in [3.63, 3.8) is 0 Å². The number of carbonyl (C=O) groups is 1. The summed E-state index contributed by atoms with van der Waals surface area (Å²) in [5, 5.41) is 7.81. The van der Waals surface area contributed by atoms with Crippen LogP contribution in [0.25, 0.3) is 11.5 Å². The lowest BCUT2D eigenvalue weighted by atomic mass is 10.1. The predicted molar refractivity (Wildman–Crippen MR) is 89.3 cm³/mol. The van der Waals surface area contributed by atoms with E-state index in [1.54, 1.807) is 36.4 Å². The number of methoxy groups -OCH3 is 3. The molecule has 0 atom stereocenters. The Morgan fingerprint density at radius 3 is 2.16 bits per heavy atom. The topological polar surface area (TPSA) is 83.7 Å². The number of benzene rings is 2. The highest BCUT2D eigenvalue weighted by molar-refractivity contribution is 6.05. The van der Waals surface area contributed by atoms with Gasteiger partial charge in [0.15, 0.2) is 11.5 Å². The van der Waals surface area contributed by atoms with Gasteiger partial charge in [0.05, 0.1) is 26.9 Å². The summed E-state index contributed by atoms with van der Waals surface area (Å²) < 4.78 is 21.4. The average molecular weight is 340 g/mol. The molecule has 0 fully saturated rings. The number of hydrogen-bond donors (Lipinski definition) is 0. The highest BCUT2D eigenvalue weighted by atomic mass is 16.5. The van der Waals surface area contributed by atoms with Gasteiger partial charge < -0.3 is 18.6 Å². The van der Waals surface area contributed by atoms with Crippen LogP contribution >= 0.6 is 0 Å². The minimum atomic E-state index is -0.348. The van der Waals surface area contributed by atoms with Gasteiger partial charge in [0, 0.05) is 17.7 Å². The Balaban J connectivity index is 2.01. The Bertz CT molecular complexity index is 890. The smallest absolute Gasteiger partial charge is 0.289 e. The maximum absolute atomic E-state index is 12.4. The van der Waals surface area contributed by atoms with Crippen LogP contribution in [0.4, 0.5) is 0 Å². The normalized spacial score (nSPS) is 10.4. The monoisotopic (exact) mass is 340 g/mol. The Labute approximate surface area is 144 Å². The molecule has 2 aromatic carbocycles. The first-order valence-electron chi connectivity index (χ1n) is 7.41. The van der Waals surface area contributed by atoms with Gasteiger partial charge in [-0.1, -0.05) is 30.3 Å². The van der Waals surface area contributed by atoms with Gasteiger partial charge in [-0.3, -0.25) is 4.79 Å². The molecule has 1 heterocycles. The third-order valence-corrected chi connectivity index (χ3v) is 3.59. The van der Waals surface area contributed by atoms with Gasteiger partial charge in [0.1, 0.15) is 5.75 Å². The van der Waals surface area contributed by atoms with Crippen LogP contribution in [-0.4, -0.2) is 37.3 Å². The highest BCUT2D eigenvalue weighted by Crippen LogP contribution is 2.39. The van der Waals surface area contributed by atoms with Crippen molar-refractivity contribution in [3.8, 4) is 28.7 Å². The van der Waals surface area contributed by atoms with Crippen molar-refractivity contribution in [1.29, 1.82) is 0 Å². The minimum absolute atomic E-state index is 0.0990. The molecule has 128 valence electrons. The molecule has 0 bridgehead atoms. The first-order valence-corrected chi connectivity index (χ1v) is 7.41. The lowest BCUT2D eigenvalue weighted by Gasteiger charge is -2.11. The average Bonchev–Trinajstić information content (AvgIpc) is 3.16. The van der Waals surface area contributed by atoms with Crippen molar-refractivity contribution in [2.75, 3.05) is 21.3 Å². The molecule has 7 nitrogen and oxygen atoms in total. The van der Waals surface area contributed by atoms with Crippen molar-refractivity contribution in [2.45, 2.75) is 0 Å². The molecule has 0 amide bonds. The summed E-state index contributed by atoms with van der Waals surface area (Å²) >= 11 is 0. The number of carbonyl (C=O) groups excluding carboxylic acids is 1. The molecule has 0 aliphatic rings. The van der Waals surface area contributed by atoms with Gasteiger partial charge in [-0.05, 0) is 0 Å². The van der Waals surface area contributed by atoms with Crippen LogP contribution in [0.3, 0.4) is 0 Å². The van der Waals surface area contributed by atoms with Crippen molar-refractivity contribution in [3.05, 3.63) is 53.9 Å². The summed E-state index contributed by atoms with van der Waals surface area (Å²) in [6.45, 7) is 0. The molecule has 0 radical (unpaired) electrons. The molecule has 0 saturated heterocycles. The minimum Gasteiger partial charge on any atom is -0.496 e. The Morgan fingerprint density at radius 2 is 1.52 bits per heavy atom. The SMILES string of the molecule is COc1cc(OC)c(-c2nnc(C(=O)c3ccccc3)o2)cc1OC. The zero-order valence-corrected chi connectivity index (χ0v) is 14.0. The standard InChI is InChI=1S/C18H16N2O5/c1-22-13-10-15(24-3)14(23-2)9-12(13)17-19-20-18(25-17)16(21)11-7-5-4-6-8-11/h4-10H,1-3H3. The molecule has 0 spiro atoms. The number of hydrogen-bond acceptors (Lipinski definition) is 7. The van der Waals surface area contributed by atoms with Crippen LogP contribution < -0.4 is 14.2 Å². The number of ether oxygens (including phenoxy) is 3. The maximum Gasteiger partial charge on any atom is 0.289 e. The second-order valence-corrected chi connectivity index (χ2v) is 5.01. The van der Waals surface area contributed by atoms with E-state index in [9.17, 15) is 4.79 Å². The molecule has 0 N–H and O–H groups in total. The summed E-state index contributed by atoms with van der Waals surface area (Å²) in [4.78, 5) is 12.4. The summed E-state index contributed by atoms with van der Waals surface area (Å²) in [6, 6.07) is 12.0.